The molecule has 0 aliphatic carbocycles. The predicted octanol–water partition coefficient (Wildman–Crippen LogP) is 2.86. The van der Waals surface area contributed by atoms with E-state index in [1.54, 1.807) is 0 Å². The number of aromatic nitrogens is 3. The molecule has 0 spiro atoms. The van der Waals surface area contributed by atoms with Crippen LogP contribution in [-0.2, 0) is 11.3 Å². The number of thiazole rings is 1. The largest absolute Gasteiger partial charge is 0.381 e. The van der Waals surface area contributed by atoms with Crippen molar-refractivity contribution in [2.75, 3.05) is 5.32 Å². The monoisotopic (exact) mass is 343 g/mol. The summed E-state index contributed by atoms with van der Waals surface area (Å²) in [6, 6.07) is 7.94. The van der Waals surface area contributed by atoms with Gasteiger partial charge in [-0.1, -0.05) is 29.8 Å². The van der Waals surface area contributed by atoms with E-state index in [-0.39, 0.29) is 18.3 Å². The first-order valence-electron chi connectivity index (χ1n) is 7.00. The van der Waals surface area contributed by atoms with Crippen molar-refractivity contribution in [3.8, 4) is 11.3 Å². The van der Waals surface area contributed by atoms with E-state index in [1.165, 1.54) is 28.4 Å². The molecule has 0 saturated carbocycles. The number of imidazole rings is 1. The van der Waals surface area contributed by atoms with Gasteiger partial charge in [0.1, 0.15) is 12.7 Å². The molecule has 0 saturated heterocycles. The van der Waals surface area contributed by atoms with Crippen molar-refractivity contribution in [1.82, 2.24) is 14.5 Å². The molecule has 0 aliphatic rings. The summed E-state index contributed by atoms with van der Waals surface area (Å²) in [5.74, 6) is -0.620. The Kier molecular flexibility index (Phi) is 4.34. The standard InChI is InChI=1S/C15H13N5O3S/c1-10-2-4-11(5-3-10)12-8-24-15(17-12)18-14(21)7-19-6-13(16-9-19)20(22)23/h2-6,8-9H,7H2,1H3,(H,17,18,21). The Morgan fingerprint density at radius 2 is 2.12 bits per heavy atom. The lowest BCUT2D eigenvalue weighted by atomic mass is 10.1. The minimum absolute atomic E-state index is 0.0692. The molecule has 0 fully saturated rings. The number of rotatable bonds is 5. The zero-order valence-electron chi connectivity index (χ0n) is 12.7. The number of aryl methyl sites for hydroxylation is 1. The average molecular weight is 343 g/mol. The van der Waals surface area contributed by atoms with Crippen LogP contribution in [0.25, 0.3) is 11.3 Å². The third-order valence-electron chi connectivity index (χ3n) is 3.23. The zero-order chi connectivity index (χ0) is 17.1. The molecule has 1 amide bonds. The van der Waals surface area contributed by atoms with Crippen LogP contribution in [0.1, 0.15) is 5.56 Å². The maximum absolute atomic E-state index is 12.0. The van der Waals surface area contributed by atoms with Crippen LogP contribution in [0.5, 0.6) is 0 Å². The number of amides is 1. The summed E-state index contributed by atoms with van der Waals surface area (Å²) < 4.78 is 1.35. The van der Waals surface area contributed by atoms with Crippen LogP contribution >= 0.6 is 11.3 Å². The van der Waals surface area contributed by atoms with Gasteiger partial charge in [-0.2, -0.15) is 0 Å². The highest BCUT2D eigenvalue weighted by Gasteiger charge is 2.13. The number of hydrogen-bond donors (Lipinski definition) is 1. The van der Waals surface area contributed by atoms with Gasteiger partial charge in [0.15, 0.2) is 5.13 Å². The van der Waals surface area contributed by atoms with Gasteiger partial charge in [0.25, 0.3) is 0 Å². The SMILES string of the molecule is Cc1ccc(-c2csc(NC(=O)Cn3cnc([N+](=O)[O-])c3)n2)cc1. The van der Waals surface area contributed by atoms with Gasteiger partial charge in [-0.15, -0.1) is 11.3 Å². The van der Waals surface area contributed by atoms with E-state index >= 15 is 0 Å². The van der Waals surface area contributed by atoms with Crippen LogP contribution in [0.15, 0.2) is 42.2 Å². The lowest BCUT2D eigenvalue weighted by Gasteiger charge is -2.01. The Hall–Kier alpha value is -3.07. The van der Waals surface area contributed by atoms with E-state index in [2.05, 4.69) is 15.3 Å². The van der Waals surface area contributed by atoms with Gasteiger partial charge in [0.2, 0.25) is 12.2 Å². The predicted molar refractivity (Wildman–Crippen MR) is 89.8 cm³/mol. The number of anilines is 1. The molecule has 3 aromatic rings. The molecule has 0 aliphatic heterocycles. The molecule has 0 bridgehead atoms. The van der Waals surface area contributed by atoms with Crippen molar-refractivity contribution < 1.29 is 9.72 Å². The topological polar surface area (TPSA) is 103 Å². The summed E-state index contributed by atoms with van der Waals surface area (Å²) in [4.78, 5) is 29.9. The van der Waals surface area contributed by atoms with Gasteiger partial charge in [-0.3, -0.25) is 4.79 Å². The molecule has 24 heavy (non-hydrogen) atoms. The summed E-state index contributed by atoms with van der Waals surface area (Å²) in [6.45, 7) is 1.94. The molecule has 0 atom stereocenters. The number of nitro groups is 1. The highest BCUT2D eigenvalue weighted by atomic mass is 32.1. The maximum atomic E-state index is 12.0. The fraction of sp³-hybridized carbons (Fsp3) is 0.133. The number of carbonyl (C=O) groups excluding carboxylic acids is 1. The van der Waals surface area contributed by atoms with Crippen molar-refractivity contribution >= 4 is 28.2 Å². The fourth-order valence-electron chi connectivity index (χ4n) is 2.04. The minimum atomic E-state index is -0.608. The van der Waals surface area contributed by atoms with Crippen molar-refractivity contribution in [3.63, 3.8) is 0 Å². The van der Waals surface area contributed by atoms with E-state index in [0.29, 0.717) is 5.13 Å². The van der Waals surface area contributed by atoms with Crippen molar-refractivity contribution in [1.29, 1.82) is 0 Å². The lowest BCUT2D eigenvalue weighted by molar-refractivity contribution is -0.389. The molecule has 9 heteroatoms. The molecule has 0 unspecified atom stereocenters. The molecular weight excluding hydrogens is 330 g/mol. The zero-order valence-corrected chi connectivity index (χ0v) is 13.5. The summed E-state index contributed by atoms with van der Waals surface area (Å²) in [5, 5.41) is 15.6. The van der Waals surface area contributed by atoms with Gasteiger partial charge in [-0.25, -0.2) is 4.98 Å². The van der Waals surface area contributed by atoms with E-state index < -0.39 is 4.92 Å². The maximum Gasteiger partial charge on any atom is 0.381 e. The van der Waals surface area contributed by atoms with Crippen LogP contribution in [0.3, 0.4) is 0 Å². The normalized spacial score (nSPS) is 10.5. The van der Waals surface area contributed by atoms with Crippen LogP contribution < -0.4 is 5.32 Å². The number of hydrogen-bond acceptors (Lipinski definition) is 6. The fourth-order valence-corrected chi connectivity index (χ4v) is 2.78. The second-order valence-electron chi connectivity index (χ2n) is 5.11. The number of nitrogens with one attached hydrogen (secondary N) is 1. The molecular formula is C15H13N5O3S. The molecule has 3 rings (SSSR count). The van der Waals surface area contributed by atoms with Crippen molar-refractivity contribution in [2.45, 2.75) is 13.5 Å². The minimum Gasteiger partial charge on any atom is -0.358 e. The van der Waals surface area contributed by atoms with E-state index in [1.807, 2.05) is 36.6 Å². The van der Waals surface area contributed by atoms with Gasteiger partial charge in [-0.05, 0) is 16.8 Å². The molecule has 1 aromatic carbocycles. The van der Waals surface area contributed by atoms with Crippen LogP contribution in [0.4, 0.5) is 10.9 Å². The second kappa shape index (κ2) is 6.59. The molecule has 2 aromatic heterocycles. The number of benzene rings is 1. The first-order valence-corrected chi connectivity index (χ1v) is 7.88. The number of nitrogens with zero attached hydrogens (tertiary/aromatic N) is 4. The van der Waals surface area contributed by atoms with Crippen LogP contribution in [0, 0.1) is 17.0 Å². The first-order chi connectivity index (χ1) is 11.5. The van der Waals surface area contributed by atoms with Gasteiger partial charge < -0.3 is 20.0 Å². The Bertz CT molecular complexity index is 885. The van der Waals surface area contributed by atoms with E-state index in [0.717, 1.165) is 16.8 Å². The van der Waals surface area contributed by atoms with Crippen LogP contribution in [0.2, 0.25) is 0 Å². The summed E-state index contributed by atoms with van der Waals surface area (Å²) in [5.41, 5.74) is 2.92. The molecule has 2 heterocycles. The average Bonchev–Trinajstić information content (AvgIpc) is 3.17. The smallest absolute Gasteiger partial charge is 0.358 e. The second-order valence-corrected chi connectivity index (χ2v) is 5.97. The van der Waals surface area contributed by atoms with Gasteiger partial charge >= 0.3 is 5.82 Å². The van der Waals surface area contributed by atoms with Gasteiger partial charge in [0.05, 0.1) is 5.69 Å². The highest BCUT2D eigenvalue weighted by molar-refractivity contribution is 7.14. The summed E-state index contributed by atoms with van der Waals surface area (Å²) >= 11 is 1.32. The van der Waals surface area contributed by atoms with E-state index in [4.69, 9.17) is 0 Å². The first kappa shape index (κ1) is 15.8. The molecule has 8 nitrogen and oxygen atoms in total. The van der Waals surface area contributed by atoms with E-state index in [9.17, 15) is 14.9 Å². The quantitative estimate of drug-likeness (QED) is 0.567. The Morgan fingerprint density at radius 1 is 1.38 bits per heavy atom. The number of carbonyl (C=O) groups is 1. The Balaban J connectivity index is 1.64. The Morgan fingerprint density at radius 3 is 2.79 bits per heavy atom. The highest BCUT2D eigenvalue weighted by Crippen LogP contribution is 2.25. The third-order valence-corrected chi connectivity index (χ3v) is 3.99. The molecule has 122 valence electrons. The molecule has 0 radical (unpaired) electrons. The third kappa shape index (κ3) is 3.63. The van der Waals surface area contributed by atoms with Crippen LogP contribution in [-0.4, -0.2) is 25.4 Å². The summed E-state index contributed by atoms with van der Waals surface area (Å²) in [7, 11) is 0. The van der Waals surface area contributed by atoms with Gasteiger partial charge in [0, 0.05) is 10.9 Å². The Labute approximate surface area is 141 Å². The summed E-state index contributed by atoms with van der Waals surface area (Å²) in [6.07, 6.45) is 2.45. The lowest BCUT2D eigenvalue weighted by Crippen LogP contribution is -2.17. The van der Waals surface area contributed by atoms with Crippen molar-refractivity contribution in [3.05, 3.63) is 57.8 Å². The van der Waals surface area contributed by atoms with Crippen molar-refractivity contribution in [2.24, 2.45) is 0 Å². The molecule has 1 N–H and O–H groups in total.